The Balaban J connectivity index is 1.65. The molecule has 0 spiro atoms. The molecule has 0 unspecified atom stereocenters. The van der Waals surface area contributed by atoms with Gasteiger partial charge in [0.2, 0.25) is 11.6 Å². The van der Waals surface area contributed by atoms with Crippen LogP contribution in [0, 0.1) is 5.82 Å². The molecule has 4 nitrogen and oxygen atoms in total. The minimum Gasteiger partial charge on any atom is -0.357 e. The lowest BCUT2D eigenvalue weighted by Crippen LogP contribution is -2.12. The van der Waals surface area contributed by atoms with E-state index in [2.05, 4.69) is 10.3 Å². The maximum Gasteiger partial charge on any atom is 0.245 e. The van der Waals surface area contributed by atoms with Crippen molar-refractivity contribution >= 4 is 28.0 Å². The van der Waals surface area contributed by atoms with Crippen LogP contribution in [0.25, 0.3) is 0 Å². The Hall–Kier alpha value is -2.86. The molecule has 0 aliphatic carbocycles. The van der Waals surface area contributed by atoms with Gasteiger partial charge in [-0.3, -0.25) is 9.59 Å². The number of hydrogen-bond donors (Lipinski definition) is 1. The van der Waals surface area contributed by atoms with Gasteiger partial charge in [0, 0.05) is 12.1 Å². The van der Waals surface area contributed by atoms with Gasteiger partial charge in [-0.1, -0.05) is 53.8 Å². The first-order chi connectivity index (χ1) is 11.6. The minimum atomic E-state index is -0.575. The standard InChI is InChI=1S/C18H13FN2O2S/c19-14-8-6-12(7-9-14)10-20-18-21-11-15(24-18)17(23)16(22)13-4-2-1-3-5-13/h1-9,11H,10H2,(H,20,21). The van der Waals surface area contributed by atoms with Gasteiger partial charge in [-0.2, -0.15) is 0 Å². The summed E-state index contributed by atoms with van der Waals surface area (Å²) < 4.78 is 12.9. The fourth-order valence-electron chi connectivity index (χ4n) is 2.07. The molecule has 120 valence electrons. The molecule has 1 N–H and O–H groups in total. The van der Waals surface area contributed by atoms with Crippen LogP contribution in [0.1, 0.15) is 25.6 Å². The second-order valence-corrected chi connectivity index (χ2v) is 6.06. The fourth-order valence-corrected chi connectivity index (χ4v) is 2.82. The number of hydrogen-bond acceptors (Lipinski definition) is 5. The van der Waals surface area contributed by atoms with Crippen LogP contribution >= 0.6 is 11.3 Å². The van der Waals surface area contributed by atoms with Crippen molar-refractivity contribution < 1.29 is 14.0 Å². The maximum atomic E-state index is 12.9. The molecule has 0 saturated heterocycles. The zero-order valence-corrected chi connectivity index (χ0v) is 13.3. The van der Waals surface area contributed by atoms with E-state index in [4.69, 9.17) is 0 Å². The number of nitrogens with one attached hydrogen (secondary N) is 1. The van der Waals surface area contributed by atoms with Crippen LogP contribution in [0.15, 0.2) is 60.8 Å². The van der Waals surface area contributed by atoms with Crippen molar-refractivity contribution in [2.45, 2.75) is 6.54 Å². The van der Waals surface area contributed by atoms with E-state index in [1.165, 1.54) is 18.3 Å². The number of ketones is 2. The molecule has 0 aliphatic rings. The summed E-state index contributed by atoms with van der Waals surface area (Å²) in [6.45, 7) is 0.452. The normalized spacial score (nSPS) is 10.4. The van der Waals surface area contributed by atoms with E-state index in [1.54, 1.807) is 42.5 Å². The van der Waals surface area contributed by atoms with Gasteiger partial charge in [-0.25, -0.2) is 9.37 Å². The molecule has 3 aromatic rings. The molecular formula is C18H13FN2O2S. The zero-order chi connectivity index (χ0) is 16.9. The molecule has 1 aromatic heterocycles. The molecule has 1 heterocycles. The summed E-state index contributed by atoms with van der Waals surface area (Å²) in [6.07, 6.45) is 1.39. The van der Waals surface area contributed by atoms with E-state index in [9.17, 15) is 14.0 Å². The largest absolute Gasteiger partial charge is 0.357 e. The van der Waals surface area contributed by atoms with E-state index < -0.39 is 11.6 Å². The van der Waals surface area contributed by atoms with Crippen LogP contribution in [0.4, 0.5) is 9.52 Å². The van der Waals surface area contributed by atoms with Gasteiger partial charge in [-0.15, -0.1) is 0 Å². The topological polar surface area (TPSA) is 59.1 Å². The molecule has 0 radical (unpaired) electrons. The summed E-state index contributed by atoms with van der Waals surface area (Å²) in [7, 11) is 0. The number of aromatic nitrogens is 1. The highest BCUT2D eigenvalue weighted by Gasteiger charge is 2.20. The van der Waals surface area contributed by atoms with Crippen molar-refractivity contribution in [1.82, 2.24) is 4.98 Å². The highest BCUT2D eigenvalue weighted by molar-refractivity contribution is 7.18. The van der Waals surface area contributed by atoms with E-state index >= 15 is 0 Å². The van der Waals surface area contributed by atoms with Crippen LogP contribution in [0.3, 0.4) is 0 Å². The van der Waals surface area contributed by atoms with E-state index in [0.717, 1.165) is 16.9 Å². The van der Waals surface area contributed by atoms with Crippen LogP contribution in [0.5, 0.6) is 0 Å². The van der Waals surface area contributed by atoms with Crippen molar-refractivity contribution in [3.8, 4) is 0 Å². The summed E-state index contributed by atoms with van der Waals surface area (Å²) in [5, 5.41) is 3.59. The van der Waals surface area contributed by atoms with Crippen molar-refractivity contribution in [3.05, 3.63) is 82.6 Å². The van der Waals surface area contributed by atoms with E-state index in [0.29, 0.717) is 17.2 Å². The fraction of sp³-hybridized carbons (Fsp3) is 0.0556. The first-order valence-electron chi connectivity index (χ1n) is 7.22. The number of rotatable bonds is 6. The van der Waals surface area contributed by atoms with Crippen molar-refractivity contribution in [2.75, 3.05) is 5.32 Å². The van der Waals surface area contributed by atoms with Gasteiger partial charge in [0.05, 0.1) is 6.20 Å². The summed E-state index contributed by atoms with van der Waals surface area (Å²) in [6, 6.07) is 14.5. The maximum absolute atomic E-state index is 12.9. The first kappa shape index (κ1) is 16.0. The number of anilines is 1. The van der Waals surface area contributed by atoms with Gasteiger partial charge >= 0.3 is 0 Å². The summed E-state index contributed by atoms with van der Waals surface area (Å²) in [5.74, 6) is -1.42. The molecule has 6 heteroatoms. The SMILES string of the molecule is O=C(C(=O)c1cnc(NCc2ccc(F)cc2)s1)c1ccccc1. The van der Waals surface area contributed by atoms with Gasteiger partial charge in [-0.05, 0) is 17.7 Å². The number of carbonyl (C=O) groups excluding carboxylic acids is 2. The first-order valence-corrected chi connectivity index (χ1v) is 8.03. The number of thiazole rings is 1. The highest BCUT2D eigenvalue weighted by atomic mass is 32.1. The number of nitrogens with zero attached hydrogens (tertiary/aromatic N) is 1. The number of benzene rings is 2. The van der Waals surface area contributed by atoms with Crippen molar-refractivity contribution in [2.24, 2.45) is 0 Å². The third-order valence-electron chi connectivity index (χ3n) is 3.33. The predicted molar refractivity (Wildman–Crippen MR) is 90.9 cm³/mol. The number of Topliss-reactive ketones (excluding diaryl/α,β-unsaturated/α-hetero) is 2. The Morgan fingerprint density at radius 2 is 1.71 bits per heavy atom. The molecule has 0 atom stereocenters. The molecule has 24 heavy (non-hydrogen) atoms. The Labute approximate surface area is 142 Å². The molecule has 0 amide bonds. The molecule has 0 aliphatic heterocycles. The molecule has 0 saturated carbocycles. The van der Waals surface area contributed by atoms with Crippen LogP contribution in [-0.2, 0) is 6.54 Å². The number of carbonyl (C=O) groups is 2. The van der Waals surface area contributed by atoms with E-state index in [1.807, 2.05) is 0 Å². The second kappa shape index (κ2) is 7.14. The van der Waals surface area contributed by atoms with Gasteiger partial charge in [0.15, 0.2) is 5.13 Å². The Kier molecular flexibility index (Phi) is 4.77. The average Bonchev–Trinajstić information content (AvgIpc) is 3.10. The minimum absolute atomic E-state index is 0.283. The van der Waals surface area contributed by atoms with Gasteiger partial charge in [0.25, 0.3) is 0 Å². The van der Waals surface area contributed by atoms with Gasteiger partial charge < -0.3 is 5.32 Å². The lowest BCUT2D eigenvalue weighted by Gasteiger charge is -2.02. The molecule has 0 fully saturated rings. The molecular weight excluding hydrogens is 327 g/mol. The lowest BCUT2D eigenvalue weighted by atomic mass is 10.1. The van der Waals surface area contributed by atoms with Crippen molar-refractivity contribution in [1.29, 1.82) is 0 Å². The van der Waals surface area contributed by atoms with E-state index in [-0.39, 0.29) is 10.7 Å². The molecule has 2 aromatic carbocycles. The van der Waals surface area contributed by atoms with Gasteiger partial charge in [0.1, 0.15) is 10.7 Å². The summed E-state index contributed by atoms with van der Waals surface area (Å²) in [5.41, 5.74) is 1.25. The van der Waals surface area contributed by atoms with Crippen LogP contribution in [0.2, 0.25) is 0 Å². The predicted octanol–water partition coefficient (Wildman–Crippen LogP) is 3.96. The zero-order valence-electron chi connectivity index (χ0n) is 12.5. The highest BCUT2D eigenvalue weighted by Crippen LogP contribution is 2.21. The third kappa shape index (κ3) is 3.72. The number of halogens is 1. The lowest BCUT2D eigenvalue weighted by molar-refractivity contribution is 0.0819. The van der Waals surface area contributed by atoms with Crippen LogP contribution in [-0.4, -0.2) is 16.6 Å². The monoisotopic (exact) mass is 340 g/mol. The quantitative estimate of drug-likeness (QED) is 0.545. The summed E-state index contributed by atoms with van der Waals surface area (Å²) in [4.78, 5) is 28.7. The Morgan fingerprint density at radius 1 is 1.00 bits per heavy atom. The van der Waals surface area contributed by atoms with Crippen LogP contribution < -0.4 is 5.32 Å². The van der Waals surface area contributed by atoms with Crippen molar-refractivity contribution in [3.63, 3.8) is 0 Å². The average molecular weight is 340 g/mol. The Bertz CT molecular complexity index is 860. The Morgan fingerprint density at radius 3 is 2.42 bits per heavy atom. The molecule has 3 rings (SSSR count). The second-order valence-electron chi connectivity index (χ2n) is 5.03. The smallest absolute Gasteiger partial charge is 0.245 e. The molecule has 0 bridgehead atoms. The summed E-state index contributed by atoms with van der Waals surface area (Å²) >= 11 is 1.12. The third-order valence-corrected chi connectivity index (χ3v) is 4.28.